The van der Waals surface area contributed by atoms with Crippen LogP contribution in [0.3, 0.4) is 0 Å². The Morgan fingerprint density at radius 1 is 1.11 bits per heavy atom. The molecule has 1 aliphatic heterocycles. The lowest BCUT2D eigenvalue weighted by Gasteiger charge is -2.34. The van der Waals surface area contributed by atoms with E-state index in [-0.39, 0.29) is 12.2 Å². The number of hydrogen-bond acceptors (Lipinski definition) is 3. The van der Waals surface area contributed by atoms with Crippen LogP contribution in [0.5, 0.6) is 0 Å². The van der Waals surface area contributed by atoms with Crippen molar-refractivity contribution in [1.82, 2.24) is 10.2 Å². The molecule has 2 rings (SSSR count). The van der Waals surface area contributed by atoms with Crippen molar-refractivity contribution in [2.45, 2.75) is 6.04 Å². The molecule has 0 aromatic heterocycles. The molecule has 1 aromatic carbocycles. The number of rotatable bonds is 3. The summed E-state index contributed by atoms with van der Waals surface area (Å²) in [7, 11) is 0. The van der Waals surface area contributed by atoms with Crippen molar-refractivity contribution in [1.29, 1.82) is 0 Å². The van der Waals surface area contributed by atoms with Crippen LogP contribution in [0.25, 0.3) is 0 Å². The molecule has 100 valence electrons. The molecule has 0 radical (unpaired) electrons. The van der Waals surface area contributed by atoms with Crippen molar-refractivity contribution in [2.24, 2.45) is 0 Å². The van der Waals surface area contributed by atoms with E-state index in [2.05, 4.69) is 5.32 Å². The van der Waals surface area contributed by atoms with Gasteiger partial charge in [-0.1, -0.05) is 0 Å². The predicted octanol–water partition coefficient (Wildman–Crippen LogP) is 1.04. The summed E-state index contributed by atoms with van der Waals surface area (Å²) >= 11 is 0. The maximum atomic E-state index is 13.7. The average molecular weight is 260 g/mol. The number of halogens is 3. The van der Waals surface area contributed by atoms with Gasteiger partial charge in [0.25, 0.3) is 0 Å². The van der Waals surface area contributed by atoms with Crippen LogP contribution >= 0.6 is 0 Å². The summed E-state index contributed by atoms with van der Waals surface area (Å²) in [6, 6.07) is 0.713. The van der Waals surface area contributed by atoms with Crippen molar-refractivity contribution < 1.29 is 18.3 Å². The van der Waals surface area contributed by atoms with Crippen molar-refractivity contribution in [3.8, 4) is 0 Å². The van der Waals surface area contributed by atoms with E-state index in [0.717, 1.165) is 19.2 Å². The first-order valence-corrected chi connectivity index (χ1v) is 5.83. The molecule has 1 saturated heterocycles. The largest absolute Gasteiger partial charge is 0.394 e. The number of nitrogens with one attached hydrogen (secondary N) is 1. The zero-order valence-corrected chi connectivity index (χ0v) is 9.80. The first-order chi connectivity index (χ1) is 8.63. The van der Waals surface area contributed by atoms with Gasteiger partial charge in [-0.2, -0.15) is 0 Å². The van der Waals surface area contributed by atoms with Crippen LogP contribution in [-0.2, 0) is 0 Å². The minimum Gasteiger partial charge on any atom is -0.394 e. The van der Waals surface area contributed by atoms with Gasteiger partial charge in [0.1, 0.15) is 5.82 Å². The minimum atomic E-state index is -1.21. The molecule has 0 amide bonds. The molecule has 3 nitrogen and oxygen atoms in total. The normalized spacial score (nSPS) is 18.9. The quantitative estimate of drug-likeness (QED) is 0.797. The SMILES string of the molecule is OC[C@@H](c1cc(F)c(F)cc1F)N1CCNCC1. The van der Waals surface area contributed by atoms with Gasteiger partial charge in [0.15, 0.2) is 11.6 Å². The Labute approximate surface area is 103 Å². The van der Waals surface area contributed by atoms with E-state index in [4.69, 9.17) is 0 Å². The van der Waals surface area contributed by atoms with Crippen LogP contribution in [0.4, 0.5) is 13.2 Å². The zero-order chi connectivity index (χ0) is 13.1. The van der Waals surface area contributed by atoms with E-state index >= 15 is 0 Å². The van der Waals surface area contributed by atoms with Gasteiger partial charge in [-0.05, 0) is 6.07 Å². The van der Waals surface area contributed by atoms with Gasteiger partial charge in [-0.25, -0.2) is 13.2 Å². The van der Waals surface area contributed by atoms with Gasteiger partial charge in [-0.15, -0.1) is 0 Å². The highest BCUT2D eigenvalue weighted by molar-refractivity contribution is 5.24. The third-order valence-electron chi connectivity index (χ3n) is 3.16. The molecule has 0 unspecified atom stereocenters. The average Bonchev–Trinajstić information content (AvgIpc) is 2.38. The number of nitrogens with zero attached hydrogens (tertiary/aromatic N) is 1. The molecular weight excluding hydrogens is 245 g/mol. The van der Waals surface area contributed by atoms with Gasteiger partial charge in [-0.3, -0.25) is 4.90 Å². The molecule has 1 fully saturated rings. The third kappa shape index (κ3) is 2.66. The van der Waals surface area contributed by atoms with Crippen LogP contribution in [0.15, 0.2) is 12.1 Å². The number of hydrogen-bond donors (Lipinski definition) is 2. The second kappa shape index (κ2) is 5.69. The molecule has 1 aliphatic rings. The second-order valence-corrected chi connectivity index (χ2v) is 4.27. The molecule has 0 saturated carbocycles. The summed E-state index contributed by atoms with van der Waals surface area (Å²) in [6.45, 7) is 2.37. The second-order valence-electron chi connectivity index (χ2n) is 4.27. The standard InChI is InChI=1S/C12H15F3N2O/c13-9-6-11(15)10(14)5-8(9)12(7-18)17-3-1-16-2-4-17/h5-6,12,16,18H,1-4,7H2/t12-/m0/s1. The molecule has 1 aromatic rings. The van der Waals surface area contributed by atoms with Gasteiger partial charge < -0.3 is 10.4 Å². The van der Waals surface area contributed by atoms with Gasteiger partial charge in [0.2, 0.25) is 0 Å². The Hall–Kier alpha value is -1.11. The third-order valence-corrected chi connectivity index (χ3v) is 3.16. The Morgan fingerprint density at radius 3 is 2.33 bits per heavy atom. The van der Waals surface area contributed by atoms with Crippen molar-refractivity contribution >= 4 is 0 Å². The van der Waals surface area contributed by atoms with E-state index in [9.17, 15) is 18.3 Å². The van der Waals surface area contributed by atoms with Crippen LogP contribution in [0.2, 0.25) is 0 Å². The lowest BCUT2D eigenvalue weighted by molar-refractivity contribution is 0.108. The monoisotopic (exact) mass is 260 g/mol. The Balaban J connectivity index is 2.28. The highest BCUT2D eigenvalue weighted by Gasteiger charge is 2.25. The maximum Gasteiger partial charge on any atom is 0.161 e. The predicted molar refractivity (Wildman–Crippen MR) is 60.6 cm³/mol. The maximum absolute atomic E-state index is 13.7. The minimum absolute atomic E-state index is 0.00157. The fourth-order valence-corrected chi connectivity index (χ4v) is 2.20. The van der Waals surface area contributed by atoms with E-state index in [1.54, 1.807) is 0 Å². The highest BCUT2D eigenvalue weighted by Crippen LogP contribution is 2.25. The Morgan fingerprint density at radius 2 is 1.72 bits per heavy atom. The van der Waals surface area contributed by atoms with Crippen LogP contribution in [0, 0.1) is 17.5 Å². The first-order valence-electron chi connectivity index (χ1n) is 5.83. The molecular formula is C12H15F3N2O. The van der Waals surface area contributed by atoms with E-state index in [1.165, 1.54) is 0 Å². The van der Waals surface area contributed by atoms with E-state index < -0.39 is 23.5 Å². The van der Waals surface area contributed by atoms with Gasteiger partial charge >= 0.3 is 0 Å². The van der Waals surface area contributed by atoms with Crippen LogP contribution in [0.1, 0.15) is 11.6 Å². The lowest BCUT2D eigenvalue weighted by Crippen LogP contribution is -2.46. The summed E-state index contributed by atoms with van der Waals surface area (Å²) in [6.07, 6.45) is 0. The van der Waals surface area contributed by atoms with Crippen LogP contribution in [-0.4, -0.2) is 42.8 Å². The molecule has 18 heavy (non-hydrogen) atoms. The molecule has 0 spiro atoms. The smallest absolute Gasteiger partial charge is 0.161 e. The topological polar surface area (TPSA) is 35.5 Å². The first kappa shape index (κ1) is 13.3. The van der Waals surface area contributed by atoms with Crippen molar-refractivity contribution in [3.63, 3.8) is 0 Å². The number of benzene rings is 1. The molecule has 0 aliphatic carbocycles. The Kier molecular flexibility index (Phi) is 4.21. The summed E-state index contributed by atoms with van der Waals surface area (Å²) in [4.78, 5) is 1.85. The van der Waals surface area contributed by atoms with E-state index in [1.807, 2.05) is 4.90 Å². The van der Waals surface area contributed by atoms with Crippen molar-refractivity contribution in [3.05, 3.63) is 35.1 Å². The van der Waals surface area contributed by atoms with Gasteiger partial charge in [0.05, 0.1) is 12.6 Å². The zero-order valence-electron chi connectivity index (χ0n) is 9.80. The highest BCUT2D eigenvalue weighted by atomic mass is 19.2. The molecule has 0 bridgehead atoms. The Bertz CT molecular complexity index is 422. The number of piperazine rings is 1. The summed E-state index contributed by atoms with van der Waals surface area (Å²) in [5, 5.41) is 12.5. The fraction of sp³-hybridized carbons (Fsp3) is 0.500. The van der Waals surface area contributed by atoms with E-state index in [0.29, 0.717) is 19.2 Å². The van der Waals surface area contributed by atoms with Crippen molar-refractivity contribution in [2.75, 3.05) is 32.8 Å². The van der Waals surface area contributed by atoms with Crippen LogP contribution < -0.4 is 5.32 Å². The summed E-state index contributed by atoms with van der Waals surface area (Å²) < 4.78 is 39.7. The molecule has 1 atom stereocenters. The number of aliphatic hydroxyl groups is 1. The molecule has 1 heterocycles. The fourth-order valence-electron chi connectivity index (χ4n) is 2.20. The molecule has 6 heteroatoms. The summed E-state index contributed by atoms with van der Waals surface area (Å²) in [5.41, 5.74) is -0.00157. The van der Waals surface area contributed by atoms with Gasteiger partial charge in [0, 0.05) is 37.8 Å². The molecule has 2 N–H and O–H groups in total. The summed E-state index contributed by atoms with van der Waals surface area (Å²) in [5.74, 6) is -3.14. The lowest BCUT2D eigenvalue weighted by atomic mass is 10.0. The number of aliphatic hydroxyl groups excluding tert-OH is 1.